The number of rotatable bonds is 2. The first-order valence-corrected chi connectivity index (χ1v) is 7.88. The summed E-state index contributed by atoms with van der Waals surface area (Å²) in [4.78, 5) is 6.34. The van der Waals surface area contributed by atoms with Crippen LogP contribution in [0.1, 0.15) is 5.69 Å². The Hall–Kier alpha value is -2.73. The van der Waals surface area contributed by atoms with Gasteiger partial charge in [-0.25, -0.2) is 9.37 Å². The third kappa shape index (κ3) is 2.55. The normalized spacial score (nSPS) is 14.6. The van der Waals surface area contributed by atoms with Crippen molar-refractivity contribution in [2.24, 2.45) is 0 Å². The number of nitrogens with zero attached hydrogens (tertiary/aromatic N) is 4. The molecule has 3 aromatic rings. The van der Waals surface area contributed by atoms with Crippen LogP contribution in [0, 0.1) is 5.82 Å². The van der Waals surface area contributed by atoms with E-state index in [1.807, 2.05) is 16.8 Å². The molecule has 0 amide bonds. The average molecular weight is 323 g/mol. The molecule has 6 heteroatoms. The van der Waals surface area contributed by atoms with E-state index in [-0.39, 0.29) is 5.82 Å². The second-order valence-corrected chi connectivity index (χ2v) is 6.11. The summed E-state index contributed by atoms with van der Waals surface area (Å²) < 4.78 is 15.3. The topological polar surface area (TPSA) is 60.0 Å². The first-order chi connectivity index (χ1) is 11.6. The zero-order valence-corrected chi connectivity index (χ0v) is 13.4. The van der Waals surface area contributed by atoms with Gasteiger partial charge in [0, 0.05) is 30.4 Å². The first-order valence-electron chi connectivity index (χ1n) is 7.88. The Kier molecular flexibility index (Phi) is 3.54. The van der Waals surface area contributed by atoms with Crippen molar-refractivity contribution >= 4 is 5.82 Å². The Bertz CT molecular complexity index is 885. The van der Waals surface area contributed by atoms with Gasteiger partial charge in [0.2, 0.25) is 0 Å². The van der Waals surface area contributed by atoms with Gasteiger partial charge in [-0.05, 0) is 49.0 Å². The molecule has 122 valence electrons. The fourth-order valence-electron chi connectivity index (χ4n) is 3.16. The van der Waals surface area contributed by atoms with E-state index in [0.717, 1.165) is 47.7 Å². The van der Waals surface area contributed by atoms with Gasteiger partial charge in [-0.3, -0.25) is 9.58 Å². The molecule has 4 rings (SSSR count). The summed E-state index contributed by atoms with van der Waals surface area (Å²) in [6.45, 7) is 2.60. The molecule has 0 bridgehead atoms. The van der Waals surface area contributed by atoms with Gasteiger partial charge in [-0.1, -0.05) is 0 Å². The lowest BCUT2D eigenvalue weighted by Crippen LogP contribution is -2.30. The van der Waals surface area contributed by atoms with Gasteiger partial charge in [0.25, 0.3) is 0 Å². The van der Waals surface area contributed by atoms with Crippen molar-refractivity contribution in [3.8, 4) is 22.4 Å². The molecule has 5 nitrogen and oxygen atoms in total. The quantitative estimate of drug-likeness (QED) is 0.788. The van der Waals surface area contributed by atoms with Crippen molar-refractivity contribution in [2.75, 3.05) is 19.3 Å². The van der Waals surface area contributed by atoms with Crippen LogP contribution >= 0.6 is 0 Å². The van der Waals surface area contributed by atoms with Crippen molar-refractivity contribution in [1.82, 2.24) is 19.7 Å². The summed E-state index contributed by atoms with van der Waals surface area (Å²) in [5.74, 6) is 0.221. The summed E-state index contributed by atoms with van der Waals surface area (Å²) in [7, 11) is 2.10. The molecule has 2 aromatic heterocycles. The Morgan fingerprint density at radius 1 is 1.08 bits per heavy atom. The zero-order valence-electron chi connectivity index (χ0n) is 13.4. The standard InChI is InChI=1S/C18H18FN5/c1-23-8-9-24-15(11-23)17(13-6-7-21-16(20)10-13)18(22-24)12-2-4-14(19)5-3-12/h2-7,10H,8-9,11H2,1H3,(H2,20,21). The molecule has 1 aromatic carbocycles. The molecule has 2 N–H and O–H groups in total. The maximum absolute atomic E-state index is 13.3. The van der Waals surface area contributed by atoms with Crippen LogP contribution in [0.15, 0.2) is 42.6 Å². The number of aromatic nitrogens is 3. The molecule has 0 atom stereocenters. The number of nitrogen functional groups attached to an aromatic ring is 1. The van der Waals surface area contributed by atoms with E-state index in [9.17, 15) is 4.39 Å². The van der Waals surface area contributed by atoms with Crippen LogP contribution in [0.25, 0.3) is 22.4 Å². The molecular weight excluding hydrogens is 305 g/mol. The monoisotopic (exact) mass is 323 g/mol. The lowest BCUT2D eigenvalue weighted by molar-refractivity contribution is 0.259. The van der Waals surface area contributed by atoms with Crippen LogP contribution in [-0.2, 0) is 13.1 Å². The van der Waals surface area contributed by atoms with Crippen LogP contribution in [0.5, 0.6) is 0 Å². The largest absolute Gasteiger partial charge is 0.384 e. The van der Waals surface area contributed by atoms with E-state index in [1.165, 1.54) is 12.1 Å². The van der Waals surface area contributed by atoms with Crippen molar-refractivity contribution in [3.05, 3.63) is 54.1 Å². The molecule has 1 aliphatic rings. The number of pyridine rings is 1. The Labute approximate surface area is 139 Å². The molecule has 0 unspecified atom stereocenters. The summed E-state index contributed by atoms with van der Waals surface area (Å²) >= 11 is 0. The lowest BCUT2D eigenvalue weighted by atomic mass is 9.99. The highest BCUT2D eigenvalue weighted by Gasteiger charge is 2.24. The van der Waals surface area contributed by atoms with Crippen LogP contribution in [-0.4, -0.2) is 33.3 Å². The number of halogens is 1. The van der Waals surface area contributed by atoms with Gasteiger partial charge < -0.3 is 5.73 Å². The second kappa shape index (κ2) is 5.72. The minimum atomic E-state index is -0.253. The summed E-state index contributed by atoms with van der Waals surface area (Å²) in [6, 6.07) is 10.3. The van der Waals surface area contributed by atoms with Gasteiger partial charge in [0.15, 0.2) is 0 Å². The predicted octanol–water partition coefficient (Wildman–Crippen LogP) is 2.78. The number of nitrogens with two attached hydrogens (primary N) is 1. The van der Waals surface area contributed by atoms with E-state index in [0.29, 0.717) is 5.82 Å². The zero-order chi connectivity index (χ0) is 16.7. The first kappa shape index (κ1) is 14.8. The number of hydrogen-bond donors (Lipinski definition) is 1. The molecule has 1 aliphatic heterocycles. The molecule has 24 heavy (non-hydrogen) atoms. The van der Waals surface area contributed by atoms with Crippen molar-refractivity contribution in [2.45, 2.75) is 13.1 Å². The molecule has 0 saturated heterocycles. The summed E-state index contributed by atoms with van der Waals surface area (Å²) in [6.07, 6.45) is 1.70. The third-order valence-electron chi connectivity index (χ3n) is 4.36. The SMILES string of the molecule is CN1CCn2nc(-c3ccc(F)cc3)c(-c3ccnc(N)c3)c2C1. The highest BCUT2D eigenvalue weighted by molar-refractivity contribution is 5.83. The van der Waals surface area contributed by atoms with E-state index in [4.69, 9.17) is 10.8 Å². The average Bonchev–Trinajstić information content (AvgIpc) is 2.94. The van der Waals surface area contributed by atoms with Crippen molar-refractivity contribution < 1.29 is 4.39 Å². The van der Waals surface area contributed by atoms with Crippen LogP contribution in [0.4, 0.5) is 10.2 Å². The smallest absolute Gasteiger partial charge is 0.123 e. The minimum Gasteiger partial charge on any atom is -0.384 e. The number of anilines is 1. The Morgan fingerprint density at radius 3 is 2.62 bits per heavy atom. The maximum Gasteiger partial charge on any atom is 0.123 e. The van der Waals surface area contributed by atoms with E-state index >= 15 is 0 Å². The van der Waals surface area contributed by atoms with Crippen LogP contribution in [0.3, 0.4) is 0 Å². The van der Waals surface area contributed by atoms with Gasteiger partial charge in [-0.15, -0.1) is 0 Å². The van der Waals surface area contributed by atoms with E-state index in [1.54, 1.807) is 18.3 Å². The molecule has 0 aliphatic carbocycles. The van der Waals surface area contributed by atoms with E-state index < -0.39 is 0 Å². The van der Waals surface area contributed by atoms with Crippen molar-refractivity contribution in [3.63, 3.8) is 0 Å². The lowest BCUT2D eigenvalue weighted by Gasteiger charge is -2.24. The molecule has 0 spiro atoms. The second-order valence-electron chi connectivity index (χ2n) is 6.11. The number of benzene rings is 1. The molecule has 0 saturated carbocycles. The van der Waals surface area contributed by atoms with Gasteiger partial charge in [0.05, 0.1) is 12.2 Å². The van der Waals surface area contributed by atoms with Crippen LogP contribution in [0.2, 0.25) is 0 Å². The Balaban J connectivity index is 1.94. The summed E-state index contributed by atoms with van der Waals surface area (Å²) in [5, 5.41) is 4.80. The number of likely N-dealkylation sites (N-methyl/N-ethyl adjacent to an activating group) is 1. The van der Waals surface area contributed by atoms with Gasteiger partial charge >= 0.3 is 0 Å². The summed E-state index contributed by atoms with van der Waals surface area (Å²) in [5.41, 5.74) is 10.8. The van der Waals surface area contributed by atoms with Gasteiger partial charge in [0.1, 0.15) is 17.3 Å². The van der Waals surface area contributed by atoms with Crippen LogP contribution < -0.4 is 5.73 Å². The van der Waals surface area contributed by atoms with Gasteiger partial charge in [-0.2, -0.15) is 5.10 Å². The Morgan fingerprint density at radius 2 is 1.88 bits per heavy atom. The minimum absolute atomic E-state index is 0.253. The molecule has 0 fully saturated rings. The third-order valence-corrected chi connectivity index (χ3v) is 4.36. The highest BCUT2D eigenvalue weighted by Crippen LogP contribution is 2.36. The number of hydrogen-bond acceptors (Lipinski definition) is 4. The fourth-order valence-corrected chi connectivity index (χ4v) is 3.16. The molecular formula is C18H18FN5. The number of fused-ring (bicyclic) bond motifs is 1. The molecule has 3 heterocycles. The predicted molar refractivity (Wildman–Crippen MR) is 91.6 cm³/mol. The highest BCUT2D eigenvalue weighted by atomic mass is 19.1. The van der Waals surface area contributed by atoms with E-state index in [2.05, 4.69) is 16.9 Å². The fraction of sp³-hybridized carbons (Fsp3) is 0.222. The molecule has 0 radical (unpaired) electrons. The van der Waals surface area contributed by atoms with Crippen molar-refractivity contribution in [1.29, 1.82) is 0 Å². The maximum atomic E-state index is 13.3.